The zero-order valence-corrected chi connectivity index (χ0v) is 12.7. The van der Waals surface area contributed by atoms with Crippen molar-refractivity contribution in [2.24, 2.45) is 5.92 Å². The average Bonchev–Trinajstić information content (AvgIpc) is 2.38. The van der Waals surface area contributed by atoms with Gasteiger partial charge < -0.3 is 10.1 Å². The van der Waals surface area contributed by atoms with E-state index >= 15 is 0 Å². The molecule has 0 radical (unpaired) electrons. The zero-order chi connectivity index (χ0) is 13.5. The molecule has 18 heavy (non-hydrogen) atoms. The molecule has 1 N–H and O–H groups in total. The lowest BCUT2D eigenvalue weighted by atomic mass is 10.0. The number of rotatable bonds is 6. The van der Waals surface area contributed by atoms with Crippen molar-refractivity contribution in [2.75, 3.05) is 12.4 Å². The summed E-state index contributed by atoms with van der Waals surface area (Å²) in [6.45, 7) is 4.22. The number of nitrogens with one attached hydrogen (secondary N) is 1. The lowest BCUT2D eigenvalue weighted by Crippen LogP contribution is -2.38. The van der Waals surface area contributed by atoms with E-state index in [-0.39, 0.29) is 11.9 Å². The van der Waals surface area contributed by atoms with Crippen molar-refractivity contribution in [1.29, 1.82) is 0 Å². The van der Waals surface area contributed by atoms with Gasteiger partial charge in [-0.3, -0.25) is 4.79 Å². The maximum Gasteiger partial charge on any atom is 0.251 e. The van der Waals surface area contributed by atoms with Gasteiger partial charge in [0.1, 0.15) is 5.75 Å². The van der Waals surface area contributed by atoms with Crippen LogP contribution >= 0.6 is 15.9 Å². The first-order valence-corrected chi connectivity index (χ1v) is 7.21. The molecule has 0 aliphatic carbocycles. The number of benzene rings is 1. The molecule has 1 rings (SSSR count). The van der Waals surface area contributed by atoms with Crippen LogP contribution < -0.4 is 10.1 Å². The first-order valence-electron chi connectivity index (χ1n) is 6.09. The van der Waals surface area contributed by atoms with Crippen molar-refractivity contribution in [3.05, 3.63) is 29.8 Å². The molecule has 0 spiro atoms. The molecule has 0 fully saturated rings. The summed E-state index contributed by atoms with van der Waals surface area (Å²) in [7, 11) is 1.60. The van der Waals surface area contributed by atoms with Crippen LogP contribution in [0.1, 0.15) is 30.6 Å². The summed E-state index contributed by atoms with van der Waals surface area (Å²) in [6, 6.07) is 7.38. The van der Waals surface area contributed by atoms with Gasteiger partial charge >= 0.3 is 0 Å². The van der Waals surface area contributed by atoms with Crippen LogP contribution in [0.5, 0.6) is 5.75 Å². The Kier molecular flexibility index (Phi) is 6.19. The second kappa shape index (κ2) is 7.41. The van der Waals surface area contributed by atoms with Crippen LogP contribution in [-0.2, 0) is 0 Å². The maximum absolute atomic E-state index is 12.1. The Labute approximate surface area is 117 Å². The smallest absolute Gasteiger partial charge is 0.251 e. The fraction of sp³-hybridized carbons (Fsp3) is 0.500. The summed E-state index contributed by atoms with van der Waals surface area (Å²) in [5.41, 5.74) is 0.634. The van der Waals surface area contributed by atoms with Crippen LogP contribution in [0.2, 0.25) is 0 Å². The van der Waals surface area contributed by atoms with E-state index in [1.54, 1.807) is 19.2 Å². The number of halogens is 1. The zero-order valence-electron chi connectivity index (χ0n) is 11.1. The minimum Gasteiger partial charge on any atom is -0.497 e. The molecule has 0 bridgehead atoms. The van der Waals surface area contributed by atoms with Crippen LogP contribution in [0.25, 0.3) is 0 Å². The number of carbonyl (C=O) groups excluding carboxylic acids is 1. The average molecular weight is 314 g/mol. The van der Waals surface area contributed by atoms with Crippen LogP contribution in [0.15, 0.2) is 24.3 Å². The molecular formula is C14H20BrNO2. The molecular weight excluding hydrogens is 294 g/mol. The van der Waals surface area contributed by atoms with Gasteiger partial charge in [0.15, 0.2) is 0 Å². The number of amides is 1. The van der Waals surface area contributed by atoms with Gasteiger partial charge in [-0.1, -0.05) is 35.8 Å². The van der Waals surface area contributed by atoms with E-state index in [2.05, 4.69) is 35.1 Å². The van der Waals surface area contributed by atoms with E-state index < -0.39 is 0 Å². The van der Waals surface area contributed by atoms with Crippen molar-refractivity contribution < 1.29 is 9.53 Å². The van der Waals surface area contributed by atoms with Crippen LogP contribution in [0.3, 0.4) is 0 Å². The molecule has 0 saturated heterocycles. The molecule has 0 aliphatic rings. The number of hydrogen-bond donors (Lipinski definition) is 1. The van der Waals surface area contributed by atoms with E-state index in [9.17, 15) is 4.79 Å². The predicted octanol–water partition coefficient (Wildman–Crippen LogP) is 3.23. The van der Waals surface area contributed by atoms with Crippen LogP contribution in [-0.4, -0.2) is 24.4 Å². The number of hydrogen-bond acceptors (Lipinski definition) is 2. The highest BCUT2D eigenvalue weighted by Gasteiger charge is 2.16. The van der Waals surface area contributed by atoms with Crippen molar-refractivity contribution >= 4 is 21.8 Å². The fourth-order valence-electron chi connectivity index (χ4n) is 1.71. The van der Waals surface area contributed by atoms with Gasteiger partial charge in [-0.2, -0.15) is 0 Å². The summed E-state index contributed by atoms with van der Waals surface area (Å²) < 4.78 is 5.12. The normalized spacial score (nSPS) is 12.3. The topological polar surface area (TPSA) is 38.3 Å². The monoisotopic (exact) mass is 313 g/mol. The lowest BCUT2D eigenvalue weighted by Gasteiger charge is -2.21. The van der Waals surface area contributed by atoms with Crippen molar-refractivity contribution in [2.45, 2.75) is 26.3 Å². The lowest BCUT2D eigenvalue weighted by molar-refractivity contribution is 0.0924. The standard InChI is InChI=1S/C14H20BrNO2/c1-10(2)13(7-8-15)16-14(17)11-5-4-6-12(9-11)18-3/h4-6,9-10,13H,7-8H2,1-3H3,(H,16,17). The Balaban J connectivity index is 2.73. The van der Waals surface area contributed by atoms with E-state index in [4.69, 9.17) is 4.74 Å². The number of ether oxygens (including phenoxy) is 1. The van der Waals surface area contributed by atoms with Gasteiger partial charge in [0.25, 0.3) is 5.91 Å². The van der Waals surface area contributed by atoms with E-state index in [0.717, 1.165) is 11.8 Å². The second-order valence-corrected chi connectivity index (χ2v) is 5.33. The molecule has 0 aromatic heterocycles. The third-order valence-electron chi connectivity index (χ3n) is 2.87. The van der Waals surface area contributed by atoms with Gasteiger partial charge in [-0.25, -0.2) is 0 Å². The SMILES string of the molecule is COc1cccc(C(=O)NC(CCBr)C(C)C)c1. The quantitative estimate of drug-likeness (QED) is 0.819. The van der Waals surface area contributed by atoms with E-state index in [1.165, 1.54) is 0 Å². The molecule has 0 saturated carbocycles. The first kappa shape index (κ1) is 15.0. The van der Waals surface area contributed by atoms with Crippen LogP contribution in [0.4, 0.5) is 0 Å². The molecule has 1 atom stereocenters. The third kappa shape index (κ3) is 4.33. The third-order valence-corrected chi connectivity index (χ3v) is 3.33. The second-order valence-electron chi connectivity index (χ2n) is 4.53. The molecule has 100 valence electrons. The van der Waals surface area contributed by atoms with Gasteiger partial charge in [-0.15, -0.1) is 0 Å². The van der Waals surface area contributed by atoms with Gasteiger partial charge in [-0.05, 0) is 30.5 Å². The van der Waals surface area contributed by atoms with Crippen molar-refractivity contribution in [1.82, 2.24) is 5.32 Å². The highest BCUT2D eigenvalue weighted by molar-refractivity contribution is 9.09. The number of carbonyl (C=O) groups is 1. The summed E-state index contributed by atoms with van der Waals surface area (Å²) >= 11 is 3.42. The summed E-state index contributed by atoms with van der Waals surface area (Å²) in [4.78, 5) is 12.1. The Hall–Kier alpha value is -1.03. The Morgan fingerprint density at radius 2 is 2.17 bits per heavy atom. The minimum absolute atomic E-state index is 0.0476. The van der Waals surface area contributed by atoms with Crippen molar-refractivity contribution in [3.8, 4) is 5.75 Å². The summed E-state index contributed by atoms with van der Waals surface area (Å²) in [5.74, 6) is 1.06. The van der Waals surface area contributed by atoms with Crippen LogP contribution in [0, 0.1) is 5.92 Å². The number of methoxy groups -OCH3 is 1. The maximum atomic E-state index is 12.1. The van der Waals surface area contributed by atoms with E-state index in [0.29, 0.717) is 17.2 Å². The number of alkyl halides is 1. The molecule has 0 aliphatic heterocycles. The molecule has 3 nitrogen and oxygen atoms in total. The van der Waals surface area contributed by atoms with Gasteiger partial charge in [0.2, 0.25) is 0 Å². The molecule has 1 aromatic rings. The molecule has 0 heterocycles. The Morgan fingerprint density at radius 3 is 2.72 bits per heavy atom. The highest BCUT2D eigenvalue weighted by atomic mass is 79.9. The Bertz CT molecular complexity index is 393. The molecule has 4 heteroatoms. The molecule has 1 aromatic carbocycles. The van der Waals surface area contributed by atoms with E-state index in [1.807, 2.05) is 12.1 Å². The summed E-state index contributed by atoms with van der Waals surface area (Å²) in [6.07, 6.45) is 0.924. The minimum atomic E-state index is -0.0476. The molecule has 1 amide bonds. The largest absolute Gasteiger partial charge is 0.497 e. The summed E-state index contributed by atoms with van der Waals surface area (Å²) in [5, 5.41) is 3.94. The van der Waals surface area contributed by atoms with Gasteiger partial charge in [0, 0.05) is 16.9 Å². The predicted molar refractivity (Wildman–Crippen MR) is 77.5 cm³/mol. The molecule has 1 unspecified atom stereocenters. The highest BCUT2D eigenvalue weighted by Crippen LogP contribution is 2.14. The van der Waals surface area contributed by atoms with Crippen molar-refractivity contribution in [3.63, 3.8) is 0 Å². The first-order chi connectivity index (χ1) is 8.58. The van der Waals surface area contributed by atoms with Gasteiger partial charge in [0.05, 0.1) is 7.11 Å². The Morgan fingerprint density at radius 1 is 1.44 bits per heavy atom. The fourth-order valence-corrected chi connectivity index (χ4v) is 2.20.